The van der Waals surface area contributed by atoms with E-state index in [1.54, 1.807) is 7.11 Å². The van der Waals surface area contributed by atoms with Crippen molar-refractivity contribution in [3.63, 3.8) is 0 Å². The molecule has 120 valence electrons. The van der Waals surface area contributed by atoms with Crippen LogP contribution in [0.5, 0.6) is 5.75 Å². The maximum atomic E-state index is 11.1. The summed E-state index contributed by atoms with van der Waals surface area (Å²) in [6.45, 7) is 8.27. The van der Waals surface area contributed by atoms with Crippen LogP contribution in [0.3, 0.4) is 0 Å². The second-order valence-corrected chi connectivity index (χ2v) is 6.67. The van der Waals surface area contributed by atoms with Crippen LogP contribution in [0, 0.1) is 13.8 Å². The quantitative estimate of drug-likeness (QED) is 0.775. The van der Waals surface area contributed by atoms with Gasteiger partial charge in [0, 0.05) is 18.2 Å². The summed E-state index contributed by atoms with van der Waals surface area (Å²) in [5.41, 5.74) is 5.88. The first-order valence-corrected chi connectivity index (χ1v) is 7.80. The van der Waals surface area contributed by atoms with Gasteiger partial charge in [-0.1, -0.05) is 18.2 Å². The molecule has 3 heteroatoms. The van der Waals surface area contributed by atoms with Crippen molar-refractivity contribution in [1.29, 1.82) is 0 Å². The van der Waals surface area contributed by atoms with Crippen molar-refractivity contribution in [1.82, 2.24) is 0 Å². The molecule has 23 heavy (non-hydrogen) atoms. The van der Waals surface area contributed by atoms with E-state index in [9.17, 15) is 4.79 Å². The van der Waals surface area contributed by atoms with Gasteiger partial charge >= 0.3 is 0 Å². The van der Waals surface area contributed by atoms with Gasteiger partial charge < -0.3 is 9.47 Å². The zero-order valence-electron chi connectivity index (χ0n) is 14.3. The van der Waals surface area contributed by atoms with Crippen LogP contribution < -0.4 is 4.74 Å². The number of carbonyl (C=O) groups is 1. The van der Waals surface area contributed by atoms with Crippen molar-refractivity contribution >= 4 is 6.29 Å². The van der Waals surface area contributed by atoms with Gasteiger partial charge in [-0.2, -0.15) is 0 Å². The van der Waals surface area contributed by atoms with Crippen LogP contribution >= 0.6 is 0 Å². The van der Waals surface area contributed by atoms with Gasteiger partial charge in [-0.15, -0.1) is 0 Å². The lowest BCUT2D eigenvalue weighted by atomic mass is 9.87. The maximum Gasteiger partial charge on any atom is 0.150 e. The van der Waals surface area contributed by atoms with Crippen molar-refractivity contribution in [3.8, 4) is 16.9 Å². The van der Waals surface area contributed by atoms with Crippen molar-refractivity contribution < 1.29 is 14.3 Å². The number of benzene rings is 2. The first kappa shape index (κ1) is 15.8. The predicted octanol–water partition coefficient (Wildman–Crippen LogP) is 4.64. The van der Waals surface area contributed by atoms with Gasteiger partial charge in [-0.3, -0.25) is 4.79 Å². The second-order valence-electron chi connectivity index (χ2n) is 6.67. The third-order valence-electron chi connectivity index (χ3n) is 4.60. The molecule has 1 heterocycles. The molecule has 1 aliphatic rings. The highest BCUT2D eigenvalue weighted by atomic mass is 16.6. The molecular weight excluding hydrogens is 288 g/mol. The average molecular weight is 310 g/mol. The first-order chi connectivity index (χ1) is 10.9. The minimum absolute atomic E-state index is 0.105. The summed E-state index contributed by atoms with van der Waals surface area (Å²) in [7, 11) is 1.72. The molecule has 1 unspecified atom stereocenters. The molecule has 3 nitrogen and oxygen atoms in total. The molecule has 1 aliphatic heterocycles. The Hall–Kier alpha value is -2.13. The molecule has 1 atom stereocenters. The summed E-state index contributed by atoms with van der Waals surface area (Å²) in [6.07, 6.45) is 0.775. The summed E-state index contributed by atoms with van der Waals surface area (Å²) < 4.78 is 11.8. The molecule has 0 fully saturated rings. The van der Waals surface area contributed by atoms with E-state index in [2.05, 4.69) is 19.9 Å². The Morgan fingerprint density at radius 3 is 2.61 bits per heavy atom. The topological polar surface area (TPSA) is 35.5 Å². The number of aryl methyl sites for hydroxylation is 1. The number of rotatable bonds is 3. The molecule has 2 aromatic carbocycles. The van der Waals surface area contributed by atoms with Crippen LogP contribution in [0.15, 0.2) is 30.3 Å². The average Bonchev–Trinajstić information content (AvgIpc) is 2.76. The fraction of sp³-hybridized carbons (Fsp3) is 0.350. The highest BCUT2D eigenvalue weighted by molar-refractivity contribution is 5.81. The molecule has 0 bridgehead atoms. The minimum Gasteiger partial charge on any atom is -0.484 e. The molecule has 0 aromatic heterocycles. The largest absolute Gasteiger partial charge is 0.484 e. The van der Waals surface area contributed by atoms with Gasteiger partial charge in [-0.05, 0) is 62.1 Å². The van der Waals surface area contributed by atoms with Gasteiger partial charge in [0.05, 0.1) is 0 Å². The SMILES string of the molecule is COC1c2c(cc(C)c(-c3cccc(C=O)c3)c2C)OC1(C)C. The molecule has 0 spiro atoms. The number of fused-ring (bicyclic) bond motifs is 1. The molecule has 0 N–H and O–H groups in total. The number of aldehydes is 1. The predicted molar refractivity (Wildman–Crippen MR) is 91.2 cm³/mol. The smallest absolute Gasteiger partial charge is 0.150 e. The third-order valence-corrected chi connectivity index (χ3v) is 4.60. The van der Waals surface area contributed by atoms with E-state index < -0.39 is 5.60 Å². The van der Waals surface area contributed by atoms with E-state index in [4.69, 9.17) is 9.47 Å². The van der Waals surface area contributed by atoms with Gasteiger partial charge in [-0.25, -0.2) is 0 Å². The lowest BCUT2D eigenvalue weighted by Crippen LogP contribution is -2.31. The fourth-order valence-electron chi connectivity index (χ4n) is 3.67. The van der Waals surface area contributed by atoms with E-state index in [1.165, 1.54) is 0 Å². The van der Waals surface area contributed by atoms with Crippen molar-refractivity contribution in [2.24, 2.45) is 0 Å². The minimum atomic E-state index is -0.391. The van der Waals surface area contributed by atoms with Gasteiger partial charge in [0.2, 0.25) is 0 Å². The van der Waals surface area contributed by atoms with Crippen LogP contribution in [-0.2, 0) is 4.74 Å². The normalized spacial score (nSPS) is 18.4. The molecule has 0 saturated carbocycles. The Morgan fingerprint density at radius 2 is 1.96 bits per heavy atom. The number of methoxy groups -OCH3 is 1. The summed E-state index contributed by atoms with van der Waals surface area (Å²) in [4.78, 5) is 11.1. The van der Waals surface area contributed by atoms with E-state index in [0.717, 1.165) is 39.9 Å². The van der Waals surface area contributed by atoms with Crippen LogP contribution in [0.1, 0.15) is 47.0 Å². The maximum absolute atomic E-state index is 11.1. The van der Waals surface area contributed by atoms with Crippen molar-refractivity contribution in [2.45, 2.75) is 39.4 Å². The zero-order chi connectivity index (χ0) is 16.8. The Labute approximate surface area is 137 Å². The molecular formula is C20H22O3. The Bertz CT molecular complexity index is 775. The molecule has 0 saturated heterocycles. The van der Waals surface area contributed by atoms with Crippen molar-refractivity contribution in [3.05, 3.63) is 52.6 Å². The van der Waals surface area contributed by atoms with E-state index >= 15 is 0 Å². The number of hydrogen-bond acceptors (Lipinski definition) is 3. The Balaban J connectivity index is 2.23. The molecule has 0 radical (unpaired) electrons. The van der Waals surface area contributed by atoms with E-state index in [1.807, 2.05) is 38.1 Å². The number of ether oxygens (including phenoxy) is 2. The summed E-state index contributed by atoms with van der Waals surface area (Å²) >= 11 is 0. The molecule has 2 aromatic rings. The standard InChI is InChI=1S/C20H22O3/c1-12-9-16-18(19(22-5)20(3,4)23-16)13(2)17(12)15-8-6-7-14(10-15)11-21/h6-11,19H,1-5H3. The highest BCUT2D eigenvalue weighted by Gasteiger charge is 2.43. The van der Waals surface area contributed by atoms with Crippen LogP contribution in [0.4, 0.5) is 0 Å². The second kappa shape index (κ2) is 5.50. The zero-order valence-corrected chi connectivity index (χ0v) is 14.3. The summed E-state index contributed by atoms with van der Waals surface area (Å²) in [6, 6.07) is 9.78. The van der Waals surface area contributed by atoms with E-state index in [0.29, 0.717) is 5.56 Å². The highest BCUT2D eigenvalue weighted by Crippen LogP contribution is 2.49. The lowest BCUT2D eigenvalue weighted by molar-refractivity contribution is -0.0280. The number of carbonyl (C=O) groups excluding carboxylic acids is 1. The third kappa shape index (κ3) is 2.45. The van der Waals surface area contributed by atoms with Gasteiger partial charge in [0.25, 0.3) is 0 Å². The van der Waals surface area contributed by atoms with Crippen LogP contribution in [0.2, 0.25) is 0 Å². The van der Waals surface area contributed by atoms with E-state index in [-0.39, 0.29) is 6.10 Å². The van der Waals surface area contributed by atoms with Gasteiger partial charge in [0.1, 0.15) is 23.7 Å². The monoisotopic (exact) mass is 310 g/mol. The fourth-order valence-corrected chi connectivity index (χ4v) is 3.67. The van der Waals surface area contributed by atoms with Gasteiger partial charge in [0.15, 0.2) is 0 Å². The summed E-state index contributed by atoms with van der Waals surface area (Å²) in [5.74, 6) is 0.896. The Kier molecular flexibility index (Phi) is 3.77. The van der Waals surface area contributed by atoms with Crippen LogP contribution in [0.25, 0.3) is 11.1 Å². The molecule has 0 aliphatic carbocycles. The summed E-state index contributed by atoms with van der Waals surface area (Å²) in [5, 5.41) is 0. The molecule has 0 amide bonds. The molecule has 3 rings (SSSR count). The number of hydrogen-bond donors (Lipinski definition) is 0. The van der Waals surface area contributed by atoms with Crippen LogP contribution in [-0.4, -0.2) is 19.0 Å². The lowest BCUT2D eigenvalue weighted by Gasteiger charge is -2.25. The Morgan fingerprint density at radius 1 is 1.22 bits per heavy atom. The van der Waals surface area contributed by atoms with Crippen molar-refractivity contribution in [2.75, 3.05) is 7.11 Å². The first-order valence-electron chi connectivity index (χ1n) is 7.80.